The molecule has 2 aliphatic rings. The lowest BCUT2D eigenvalue weighted by Gasteiger charge is -2.27. The van der Waals surface area contributed by atoms with Gasteiger partial charge in [0.1, 0.15) is 24.3 Å². The third-order valence-corrected chi connectivity index (χ3v) is 22.1. The van der Waals surface area contributed by atoms with Gasteiger partial charge in [0.25, 0.3) is 6.47 Å². The van der Waals surface area contributed by atoms with E-state index in [1.165, 1.54) is 79.8 Å². The summed E-state index contributed by atoms with van der Waals surface area (Å²) in [6.45, 7) is 37.7. The lowest BCUT2D eigenvalue weighted by molar-refractivity contribution is -0.196. The van der Waals surface area contributed by atoms with Crippen molar-refractivity contribution in [3.8, 4) is 0 Å². The molecule has 0 aromatic heterocycles. The summed E-state index contributed by atoms with van der Waals surface area (Å²) in [4.78, 5) is 147. The van der Waals surface area contributed by atoms with Crippen LogP contribution in [0.25, 0.3) is 0 Å². The molecule has 34 nitrogen and oxygen atoms in total. The summed E-state index contributed by atoms with van der Waals surface area (Å²) in [6.07, 6.45) is 34.1. The maximum Gasteiger partial charge on any atom is 0.348 e. The Morgan fingerprint density at radius 2 is 0.681 bits per heavy atom. The molecule has 0 aliphatic carbocycles. The van der Waals surface area contributed by atoms with Gasteiger partial charge in [-0.15, -0.1) is 0 Å². The Hall–Kier alpha value is -5.45. The monoisotopic (exact) mass is 2180 g/mol. The Labute approximate surface area is 855 Å². The maximum atomic E-state index is 12.1. The number of carboxylic acid groups (broad SMARTS) is 1. The number of hydrogen-bond acceptors (Lipinski definition) is 33. The van der Waals surface area contributed by atoms with Gasteiger partial charge in [0, 0.05) is 41.3 Å². The molecule has 138 heavy (non-hydrogen) atoms. The normalized spacial score (nSPS) is 15.4. The van der Waals surface area contributed by atoms with Gasteiger partial charge in [-0.25, -0.2) is 43.2 Å². The van der Waals surface area contributed by atoms with Crippen molar-refractivity contribution >= 4 is 125 Å². The summed E-state index contributed by atoms with van der Waals surface area (Å²) in [5.74, 6) is -5.88. The van der Waals surface area contributed by atoms with Gasteiger partial charge in [-0.1, -0.05) is 301 Å². The molecule has 37 heteroatoms. The summed E-state index contributed by atoms with van der Waals surface area (Å²) in [5, 5.41) is 53.2. The molecular formula is C101H192Br3NO33. The second-order valence-corrected chi connectivity index (χ2v) is 36.1. The fourth-order valence-electron chi connectivity index (χ4n) is 11.4. The predicted molar refractivity (Wildman–Crippen MR) is 546 cm³/mol. The molecule has 2 heterocycles. The van der Waals surface area contributed by atoms with Crippen LogP contribution in [0.4, 0.5) is 0 Å². The van der Waals surface area contributed by atoms with Crippen LogP contribution >= 0.6 is 47.8 Å². The summed E-state index contributed by atoms with van der Waals surface area (Å²) in [6, 6.07) is 0. The number of unbranched alkanes of at least 4 members (excludes halogenated alkanes) is 28. The van der Waals surface area contributed by atoms with Crippen LogP contribution in [0, 0.1) is 0 Å². The highest BCUT2D eigenvalue weighted by atomic mass is 79.9. The molecule has 2 aliphatic heterocycles. The Kier molecular flexibility index (Phi) is 127. The number of cyclic esters (lactones) is 4. The minimum absolute atomic E-state index is 0.0116. The number of aliphatic carboxylic acids is 1. The Bertz CT molecular complexity index is 2740. The van der Waals surface area contributed by atoms with Gasteiger partial charge >= 0.3 is 59.7 Å². The van der Waals surface area contributed by atoms with Crippen molar-refractivity contribution in [2.24, 2.45) is 0 Å². The number of carbonyl (C=O) groups is 13. The van der Waals surface area contributed by atoms with Crippen molar-refractivity contribution < 1.29 is 159 Å². The molecule has 2 saturated heterocycles. The molecule has 2 fully saturated rings. The Morgan fingerprint density at radius 3 is 0.978 bits per heavy atom. The number of aliphatic hydroxyl groups is 5. The van der Waals surface area contributed by atoms with E-state index >= 15 is 0 Å². The smallest absolute Gasteiger partial charge is 0.348 e. The molecule has 0 spiro atoms. The number of ether oxygens (including phenoxy) is 14. The number of aliphatic hydroxyl groups excluding tert-OH is 5. The quantitative estimate of drug-likeness (QED) is 0.00626. The minimum Gasteiger partial charge on any atom is -0.479 e. The maximum absolute atomic E-state index is 12.1. The SMILES string of the molecule is CC(Br)C(=O)Br.CCCCCCC(O)C(=O)OC(C)C(=O)OCCOC.CCCCCCC(O)C(=O)OC(CCCCCC)C(=O)OCCOC.CCCCCCC(O)OC=O.CCCCCCC(OC(=O)C(C)Br)C(=O)O.CCCCCCC1OC(=O)C(C)OC1=O.CCCCCCC1OC(=O)C(CCCCCC)OC1=O.CCCCCCC=O.CCN(CC)CC.COCCO.COCCO. The van der Waals surface area contributed by atoms with Gasteiger partial charge in [-0.2, -0.15) is 0 Å². The largest absolute Gasteiger partial charge is 0.479 e. The molecule has 0 aromatic rings. The van der Waals surface area contributed by atoms with Gasteiger partial charge in [-0.05, 0) is 153 Å². The Balaban J connectivity index is -0.000000196. The van der Waals surface area contributed by atoms with E-state index in [0.717, 1.165) is 212 Å². The van der Waals surface area contributed by atoms with Crippen molar-refractivity contribution in [2.75, 3.05) is 101 Å². The summed E-state index contributed by atoms with van der Waals surface area (Å²) < 4.78 is 67.9. The number of methoxy groups -OCH3 is 4. The van der Waals surface area contributed by atoms with Crippen molar-refractivity contribution in [1.82, 2.24) is 4.90 Å². The van der Waals surface area contributed by atoms with Crippen LogP contribution in [0.5, 0.6) is 0 Å². The van der Waals surface area contributed by atoms with E-state index in [9.17, 15) is 72.5 Å². The fraction of sp³-hybridized carbons (Fsp3) is 0.871. The summed E-state index contributed by atoms with van der Waals surface area (Å²) >= 11 is 8.84. The first kappa shape index (κ1) is 150. The van der Waals surface area contributed by atoms with Crippen LogP contribution < -0.4 is 0 Å². The van der Waals surface area contributed by atoms with E-state index in [-0.39, 0.29) is 61.0 Å². The third kappa shape index (κ3) is 108. The number of alkyl halides is 2. The average Bonchev–Trinajstić information content (AvgIpc) is 0.854. The lowest BCUT2D eigenvalue weighted by Crippen LogP contribution is -2.43. The number of carbonyl (C=O) groups excluding carboxylic acids is 12. The highest BCUT2D eigenvalue weighted by Crippen LogP contribution is 2.23. The number of halogens is 3. The zero-order valence-electron chi connectivity index (χ0n) is 88.5. The molecule has 0 aromatic carbocycles. The van der Waals surface area contributed by atoms with Crippen molar-refractivity contribution in [2.45, 2.75) is 471 Å². The third-order valence-electron chi connectivity index (χ3n) is 20.0. The van der Waals surface area contributed by atoms with Crippen LogP contribution in [0.1, 0.15) is 400 Å². The fourth-order valence-corrected chi connectivity index (χ4v) is 11.6. The van der Waals surface area contributed by atoms with E-state index in [4.69, 9.17) is 72.5 Å². The van der Waals surface area contributed by atoms with Crippen LogP contribution in [0.15, 0.2) is 0 Å². The topological polar surface area (TPSA) is 476 Å². The molecule has 0 bridgehead atoms. The second-order valence-electron chi connectivity index (χ2n) is 32.6. The van der Waals surface area contributed by atoms with Crippen molar-refractivity contribution in [3.63, 3.8) is 0 Å². The van der Waals surface area contributed by atoms with Crippen LogP contribution in [0.3, 0.4) is 0 Å². The van der Waals surface area contributed by atoms with E-state index in [2.05, 4.69) is 150 Å². The summed E-state index contributed by atoms with van der Waals surface area (Å²) in [5.41, 5.74) is 0. The molecule has 12 unspecified atom stereocenters. The number of carboxylic acids is 1. The molecule has 0 radical (unpaired) electrons. The summed E-state index contributed by atoms with van der Waals surface area (Å²) in [7, 11) is 6.11. The van der Waals surface area contributed by atoms with Crippen LogP contribution in [-0.2, 0) is 129 Å². The van der Waals surface area contributed by atoms with E-state index < -0.39 is 114 Å². The first-order chi connectivity index (χ1) is 65.9. The van der Waals surface area contributed by atoms with Gasteiger partial charge in [0.15, 0.2) is 61.2 Å². The van der Waals surface area contributed by atoms with Gasteiger partial charge in [-0.3, -0.25) is 14.4 Å². The molecule has 12 atom stereocenters. The van der Waals surface area contributed by atoms with E-state index in [1.807, 2.05) is 0 Å². The lowest BCUT2D eigenvalue weighted by atomic mass is 10.1. The number of rotatable bonds is 70. The van der Waals surface area contributed by atoms with Crippen molar-refractivity contribution in [3.05, 3.63) is 0 Å². The highest BCUT2D eigenvalue weighted by molar-refractivity contribution is 9.20. The van der Waals surface area contributed by atoms with Gasteiger partial charge in [0.05, 0.1) is 44.5 Å². The van der Waals surface area contributed by atoms with Crippen LogP contribution in [0.2, 0.25) is 0 Å². The minimum atomic E-state index is -1.18. The highest BCUT2D eigenvalue weighted by Gasteiger charge is 2.38. The van der Waals surface area contributed by atoms with E-state index in [0.29, 0.717) is 71.2 Å². The van der Waals surface area contributed by atoms with Gasteiger partial charge < -0.3 is 107 Å². The van der Waals surface area contributed by atoms with Crippen LogP contribution in [-0.4, -0.2) is 284 Å². The second kappa shape index (κ2) is 117. The molecular weight excluding hydrogens is 1990 g/mol. The number of esters is 9. The molecule has 6 N–H and O–H groups in total. The number of nitrogens with zero attached hydrogens (tertiary/aromatic N) is 1. The first-order valence-corrected chi connectivity index (χ1v) is 53.5. The average molecular weight is 2190 g/mol. The number of aldehydes is 1. The van der Waals surface area contributed by atoms with E-state index in [1.54, 1.807) is 28.1 Å². The first-order valence-electron chi connectivity index (χ1n) is 50.9. The molecule has 2 rings (SSSR count). The zero-order valence-corrected chi connectivity index (χ0v) is 93.2. The zero-order chi connectivity index (χ0) is 107. The standard InChI is InChI=1S/C19H36O6.C16H28O4.C14H26O6.C11H19BrO4.C11H18O4.C8H16O3.C7H14O.C6H15N.C3H4Br2O.2C3H8O2/c1-4-6-8-10-12-16(20)18(21)25-17(13-11-9-7-5-2)19(22)24-15-14-23-3;1-3-5-7-9-11-13-15(17)20-14(16(18)19-13)12-10-8-6-4-2;1-4-5-6-7-8-12(15)14(17)20-11(2)13(16)19-10-9-18-3;1-3-4-5-6-7-9(10(13)14)16-11(15)8(2)12;1-3-4-5-6-7-9-11(13)14-8(2)10(12)15-9;1-2-3-4-5-6-8(10)11-7-9;1-2-3-4-5-6-7-8;1-4-7(5-2)6-3;1-2(4)3(5)6;2*1-5-3-2-4/h16-17,20H,4-15H2,1-3H3;13-14H,3-12H2,1-2H3;11-12,15H,4-10H2,1-3H3;8-9H,3-7H2,1-2H3,(H,13,14);8-9H,3-7H2,1-2H3;7-8,10H,2-6H2,1H3;7H,2-6H2,1H3;4-6H2,1-3H3;2H,1H3;2*4H,2-3H2,1H3. The van der Waals surface area contributed by atoms with Gasteiger partial charge in [0.2, 0.25) is 4.69 Å². The number of hydrogen-bond donors (Lipinski definition) is 6. The van der Waals surface area contributed by atoms with Crippen molar-refractivity contribution in [1.29, 1.82) is 0 Å². The Morgan fingerprint density at radius 1 is 0.377 bits per heavy atom. The predicted octanol–water partition coefficient (Wildman–Crippen LogP) is 19.0. The molecule has 0 saturated carbocycles. The molecule has 820 valence electrons. The molecule has 0 amide bonds.